The maximum absolute atomic E-state index is 13.1. The third-order valence-corrected chi connectivity index (χ3v) is 4.35. The molecule has 0 saturated heterocycles. The summed E-state index contributed by atoms with van der Waals surface area (Å²) >= 11 is 1.65. The summed E-state index contributed by atoms with van der Waals surface area (Å²) < 4.78 is 13.1. The molecule has 1 heterocycles. The average molecular weight is 307 g/mol. The topological polar surface area (TPSA) is 49.3 Å². The first-order valence-corrected chi connectivity index (χ1v) is 7.68. The van der Waals surface area contributed by atoms with Gasteiger partial charge < -0.3 is 10.4 Å². The lowest BCUT2D eigenvalue weighted by Gasteiger charge is -2.14. The molecule has 2 N–H and O–H groups in total. The Kier molecular flexibility index (Phi) is 5.47. The lowest BCUT2D eigenvalue weighted by Crippen LogP contribution is -2.28. The van der Waals surface area contributed by atoms with Crippen molar-refractivity contribution >= 4 is 17.2 Å². The summed E-state index contributed by atoms with van der Waals surface area (Å²) in [5.74, 6) is -0.422. The molecule has 0 saturated carbocycles. The van der Waals surface area contributed by atoms with Crippen LogP contribution in [0.1, 0.15) is 35.8 Å². The van der Waals surface area contributed by atoms with Crippen molar-refractivity contribution < 1.29 is 14.3 Å². The van der Waals surface area contributed by atoms with Crippen LogP contribution in [0.3, 0.4) is 0 Å². The Morgan fingerprint density at radius 2 is 2.19 bits per heavy atom. The second-order valence-electron chi connectivity index (χ2n) is 5.00. The normalized spacial score (nSPS) is 13.7. The third kappa shape index (κ3) is 4.65. The predicted octanol–water partition coefficient (Wildman–Crippen LogP) is 3.23. The molecule has 3 nitrogen and oxygen atoms in total. The van der Waals surface area contributed by atoms with Gasteiger partial charge in [0.05, 0.1) is 12.5 Å². The molecule has 5 heteroatoms. The standard InChI is InChI=1S/C16H18FNO2S/c1-11(15-6-3-7-21-15)10-18-16(20)9-14(19)12-4-2-5-13(17)8-12/h2-8,11,14,19H,9-10H2,1H3,(H,18,20). The van der Waals surface area contributed by atoms with Crippen LogP contribution >= 0.6 is 11.3 Å². The number of halogens is 1. The second-order valence-corrected chi connectivity index (χ2v) is 5.97. The first-order valence-electron chi connectivity index (χ1n) is 6.80. The summed E-state index contributed by atoms with van der Waals surface area (Å²) in [6, 6.07) is 9.68. The van der Waals surface area contributed by atoms with Gasteiger partial charge in [-0.3, -0.25) is 4.79 Å². The van der Waals surface area contributed by atoms with Crippen molar-refractivity contribution in [3.05, 3.63) is 58.0 Å². The second kappa shape index (κ2) is 7.33. The minimum absolute atomic E-state index is 0.0688. The molecule has 0 aliphatic heterocycles. The summed E-state index contributed by atoms with van der Waals surface area (Å²) in [5, 5.41) is 14.7. The van der Waals surface area contributed by atoms with Gasteiger partial charge in [0.1, 0.15) is 5.82 Å². The van der Waals surface area contributed by atoms with Gasteiger partial charge in [0.25, 0.3) is 0 Å². The zero-order valence-electron chi connectivity index (χ0n) is 11.8. The zero-order chi connectivity index (χ0) is 15.2. The molecule has 0 aliphatic carbocycles. The zero-order valence-corrected chi connectivity index (χ0v) is 12.6. The molecule has 0 radical (unpaired) electrons. The molecule has 0 fully saturated rings. The molecule has 2 aromatic rings. The van der Waals surface area contributed by atoms with Crippen molar-refractivity contribution in [1.29, 1.82) is 0 Å². The molecule has 21 heavy (non-hydrogen) atoms. The number of hydrogen-bond donors (Lipinski definition) is 2. The van der Waals surface area contributed by atoms with E-state index < -0.39 is 11.9 Å². The van der Waals surface area contributed by atoms with E-state index in [1.807, 2.05) is 24.4 Å². The highest BCUT2D eigenvalue weighted by atomic mass is 32.1. The number of aliphatic hydroxyl groups is 1. The Labute approximate surface area is 127 Å². The molecule has 2 unspecified atom stereocenters. The van der Waals surface area contributed by atoms with Gasteiger partial charge >= 0.3 is 0 Å². The number of hydrogen-bond acceptors (Lipinski definition) is 3. The number of aliphatic hydroxyl groups excluding tert-OH is 1. The van der Waals surface area contributed by atoms with Gasteiger partial charge in [0.2, 0.25) is 5.91 Å². The molecular weight excluding hydrogens is 289 g/mol. The average Bonchev–Trinajstić information content (AvgIpc) is 2.99. The molecule has 2 rings (SSSR count). The van der Waals surface area contributed by atoms with E-state index in [2.05, 4.69) is 5.32 Å². The van der Waals surface area contributed by atoms with Crippen LogP contribution in [0.15, 0.2) is 41.8 Å². The summed E-state index contributed by atoms with van der Waals surface area (Å²) in [5.41, 5.74) is 0.413. The highest BCUT2D eigenvalue weighted by Gasteiger charge is 2.14. The Morgan fingerprint density at radius 1 is 1.38 bits per heavy atom. The van der Waals surface area contributed by atoms with Gasteiger partial charge in [-0.1, -0.05) is 25.1 Å². The number of rotatable bonds is 6. The number of amides is 1. The van der Waals surface area contributed by atoms with Crippen molar-refractivity contribution in [1.82, 2.24) is 5.32 Å². The Hall–Kier alpha value is -1.72. The fourth-order valence-electron chi connectivity index (χ4n) is 2.02. The lowest BCUT2D eigenvalue weighted by atomic mass is 10.1. The molecule has 112 valence electrons. The van der Waals surface area contributed by atoms with Gasteiger partial charge in [0.15, 0.2) is 0 Å². The molecule has 2 atom stereocenters. The van der Waals surface area contributed by atoms with Crippen molar-refractivity contribution in [3.63, 3.8) is 0 Å². The molecule has 1 aromatic heterocycles. The van der Waals surface area contributed by atoms with E-state index in [-0.39, 0.29) is 18.2 Å². The number of carbonyl (C=O) groups is 1. The van der Waals surface area contributed by atoms with E-state index in [0.717, 1.165) is 0 Å². The van der Waals surface area contributed by atoms with Crippen molar-refractivity contribution in [2.45, 2.75) is 25.4 Å². The molecule has 0 aliphatic rings. The largest absolute Gasteiger partial charge is 0.388 e. The van der Waals surface area contributed by atoms with Gasteiger partial charge in [-0.15, -0.1) is 11.3 Å². The third-order valence-electron chi connectivity index (χ3n) is 3.25. The van der Waals surface area contributed by atoms with E-state index in [0.29, 0.717) is 12.1 Å². The molecule has 0 bridgehead atoms. The summed E-state index contributed by atoms with van der Waals surface area (Å²) in [6.45, 7) is 2.56. The van der Waals surface area contributed by atoms with Crippen LogP contribution in [-0.4, -0.2) is 17.6 Å². The number of carbonyl (C=O) groups excluding carboxylic acids is 1. The quantitative estimate of drug-likeness (QED) is 0.861. The van der Waals surface area contributed by atoms with E-state index in [4.69, 9.17) is 0 Å². The van der Waals surface area contributed by atoms with Crippen molar-refractivity contribution in [2.24, 2.45) is 0 Å². The maximum Gasteiger partial charge on any atom is 0.222 e. The van der Waals surface area contributed by atoms with Crippen LogP contribution in [0, 0.1) is 5.82 Å². The van der Waals surface area contributed by atoms with E-state index in [1.165, 1.54) is 23.1 Å². The Morgan fingerprint density at radius 3 is 2.86 bits per heavy atom. The number of thiophene rings is 1. The number of benzene rings is 1. The molecule has 1 amide bonds. The maximum atomic E-state index is 13.1. The summed E-state index contributed by atoms with van der Waals surface area (Å²) in [4.78, 5) is 13.0. The fraction of sp³-hybridized carbons (Fsp3) is 0.312. The molecule has 0 spiro atoms. The van der Waals surface area contributed by atoms with Gasteiger partial charge in [0, 0.05) is 17.3 Å². The van der Waals surface area contributed by atoms with Gasteiger partial charge in [-0.25, -0.2) is 4.39 Å². The highest BCUT2D eigenvalue weighted by molar-refractivity contribution is 7.10. The van der Waals surface area contributed by atoms with E-state index in [9.17, 15) is 14.3 Å². The van der Waals surface area contributed by atoms with Gasteiger partial charge in [-0.05, 0) is 29.1 Å². The van der Waals surface area contributed by atoms with Crippen LogP contribution in [0.25, 0.3) is 0 Å². The van der Waals surface area contributed by atoms with Crippen molar-refractivity contribution in [2.75, 3.05) is 6.54 Å². The van der Waals surface area contributed by atoms with Crippen molar-refractivity contribution in [3.8, 4) is 0 Å². The predicted molar refractivity (Wildman–Crippen MR) is 81.7 cm³/mol. The first-order chi connectivity index (χ1) is 10.1. The minimum Gasteiger partial charge on any atom is -0.388 e. The smallest absolute Gasteiger partial charge is 0.222 e. The SMILES string of the molecule is CC(CNC(=O)CC(O)c1cccc(F)c1)c1cccs1. The lowest BCUT2D eigenvalue weighted by molar-refractivity contribution is -0.123. The first kappa shape index (κ1) is 15.7. The monoisotopic (exact) mass is 307 g/mol. The Bertz CT molecular complexity index is 586. The summed E-state index contributed by atoms with van der Waals surface area (Å²) in [7, 11) is 0. The van der Waals surface area contributed by atoms with Crippen LogP contribution in [-0.2, 0) is 4.79 Å². The minimum atomic E-state index is -0.988. The van der Waals surface area contributed by atoms with Crippen LogP contribution < -0.4 is 5.32 Å². The van der Waals surface area contributed by atoms with E-state index in [1.54, 1.807) is 17.4 Å². The highest BCUT2D eigenvalue weighted by Crippen LogP contribution is 2.20. The molecule has 1 aromatic carbocycles. The fourth-order valence-corrected chi connectivity index (χ4v) is 2.81. The van der Waals surface area contributed by atoms with Crippen LogP contribution in [0.4, 0.5) is 4.39 Å². The number of nitrogens with one attached hydrogen (secondary N) is 1. The summed E-state index contributed by atoms with van der Waals surface area (Å²) in [6.07, 6.45) is -1.06. The Balaban J connectivity index is 1.81. The van der Waals surface area contributed by atoms with Crippen LogP contribution in [0.5, 0.6) is 0 Å². The van der Waals surface area contributed by atoms with E-state index >= 15 is 0 Å². The van der Waals surface area contributed by atoms with Crippen LogP contribution in [0.2, 0.25) is 0 Å². The van der Waals surface area contributed by atoms with Gasteiger partial charge in [-0.2, -0.15) is 0 Å². The molecular formula is C16H18FNO2S.